The van der Waals surface area contributed by atoms with Crippen molar-refractivity contribution in [1.29, 1.82) is 0 Å². The van der Waals surface area contributed by atoms with Crippen molar-refractivity contribution in [1.82, 2.24) is 4.90 Å². The van der Waals surface area contributed by atoms with Crippen molar-refractivity contribution in [3.8, 4) is 0 Å². The summed E-state index contributed by atoms with van der Waals surface area (Å²) < 4.78 is 27.8. The van der Waals surface area contributed by atoms with Gasteiger partial charge >= 0.3 is 0 Å². The van der Waals surface area contributed by atoms with Crippen molar-refractivity contribution in [2.75, 3.05) is 19.6 Å². The molecule has 2 N–H and O–H groups in total. The first kappa shape index (κ1) is 14.4. The van der Waals surface area contributed by atoms with Crippen LogP contribution in [0.5, 0.6) is 0 Å². The first-order valence-electron chi connectivity index (χ1n) is 7.01. The minimum atomic E-state index is -0.493. The summed E-state index contributed by atoms with van der Waals surface area (Å²) in [6.45, 7) is 4.19. The second-order valence-electron chi connectivity index (χ2n) is 5.46. The van der Waals surface area contributed by atoms with Crippen LogP contribution in [0, 0.1) is 17.6 Å². The monoisotopic (exact) mass is 268 g/mol. The van der Waals surface area contributed by atoms with E-state index >= 15 is 0 Å². The SMILES string of the molecule is CC1CCCN(C(CN)c2c(F)cccc2F)CC1. The highest BCUT2D eigenvalue weighted by Crippen LogP contribution is 2.28. The first-order chi connectivity index (χ1) is 9.13. The molecule has 2 atom stereocenters. The Bertz CT molecular complexity index is 402. The van der Waals surface area contributed by atoms with E-state index in [1.54, 1.807) is 0 Å². The van der Waals surface area contributed by atoms with E-state index in [4.69, 9.17) is 5.73 Å². The Labute approximate surface area is 113 Å². The van der Waals surface area contributed by atoms with E-state index in [-0.39, 0.29) is 18.2 Å². The Morgan fingerprint density at radius 1 is 1.26 bits per heavy atom. The third-order valence-electron chi connectivity index (χ3n) is 4.05. The lowest BCUT2D eigenvalue weighted by atomic mass is 10.0. The number of hydrogen-bond donors (Lipinski definition) is 1. The topological polar surface area (TPSA) is 29.3 Å². The van der Waals surface area contributed by atoms with Gasteiger partial charge in [-0.25, -0.2) is 8.78 Å². The molecular formula is C15H22F2N2. The average Bonchev–Trinajstić information content (AvgIpc) is 2.59. The molecule has 0 spiro atoms. The van der Waals surface area contributed by atoms with Gasteiger partial charge in [0, 0.05) is 12.1 Å². The molecule has 1 fully saturated rings. The van der Waals surface area contributed by atoms with Gasteiger partial charge in [0.05, 0.1) is 6.04 Å². The molecule has 19 heavy (non-hydrogen) atoms. The predicted octanol–water partition coefficient (Wildman–Crippen LogP) is 3.09. The van der Waals surface area contributed by atoms with Gasteiger partial charge in [0.25, 0.3) is 0 Å². The molecule has 0 aromatic heterocycles. The standard InChI is InChI=1S/C15H22F2N2/c1-11-4-3-8-19(9-7-11)14(10-18)15-12(16)5-2-6-13(15)17/h2,5-6,11,14H,3-4,7-10,18H2,1H3. The Morgan fingerprint density at radius 2 is 1.95 bits per heavy atom. The minimum absolute atomic E-state index is 0.125. The number of halogens is 2. The van der Waals surface area contributed by atoms with Gasteiger partial charge in [-0.2, -0.15) is 0 Å². The average molecular weight is 268 g/mol. The van der Waals surface area contributed by atoms with Crippen LogP contribution in [-0.4, -0.2) is 24.5 Å². The number of hydrogen-bond acceptors (Lipinski definition) is 2. The molecule has 1 saturated heterocycles. The van der Waals surface area contributed by atoms with Gasteiger partial charge in [-0.05, 0) is 50.4 Å². The molecule has 0 bridgehead atoms. The first-order valence-corrected chi connectivity index (χ1v) is 7.01. The van der Waals surface area contributed by atoms with E-state index in [0.717, 1.165) is 25.9 Å². The molecule has 1 aromatic carbocycles. The molecule has 1 aliphatic rings. The second-order valence-corrected chi connectivity index (χ2v) is 5.46. The Kier molecular flexibility index (Phi) is 4.88. The fourth-order valence-corrected chi connectivity index (χ4v) is 2.88. The van der Waals surface area contributed by atoms with Gasteiger partial charge in [-0.15, -0.1) is 0 Å². The molecule has 1 aliphatic heterocycles. The lowest BCUT2D eigenvalue weighted by Crippen LogP contribution is -2.35. The smallest absolute Gasteiger partial charge is 0.130 e. The van der Waals surface area contributed by atoms with Crippen LogP contribution in [0.25, 0.3) is 0 Å². The fraction of sp³-hybridized carbons (Fsp3) is 0.600. The molecule has 0 radical (unpaired) electrons. The molecule has 2 unspecified atom stereocenters. The number of rotatable bonds is 3. The Morgan fingerprint density at radius 3 is 2.58 bits per heavy atom. The quantitative estimate of drug-likeness (QED) is 0.912. The number of likely N-dealkylation sites (tertiary alicyclic amines) is 1. The lowest BCUT2D eigenvalue weighted by molar-refractivity contribution is 0.199. The summed E-state index contributed by atoms with van der Waals surface area (Å²) in [6, 6.07) is 3.65. The summed E-state index contributed by atoms with van der Waals surface area (Å²) in [5.41, 5.74) is 5.91. The van der Waals surface area contributed by atoms with Crippen LogP contribution in [0.2, 0.25) is 0 Å². The predicted molar refractivity (Wildman–Crippen MR) is 72.7 cm³/mol. The van der Waals surface area contributed by atoms with Crippen molar-refractivity contribution in [3.63, 3.8) is 0 Å². The Balaban J connectivity index is 2.24. The zero-order valence-electron chi connectivity index (χ0n) is 11.4. The van der Waals surface area contributed by atoms with Crippen molar-refractivity contribution >= 4 is 0 Å². The normalized spacial score (nSPS) is 23.1. The number of nitrogens with two attached hydrogens (primary N) is 1. The van der Waals surface area contributed by atoms with E-state index in [1.807, 2.05) is 0 Å². The largest absolute Gasteiger partial charge is 0.329 e. The summed E-state index contributed by atoms with van der Waals surface area (Å²) in [5.74, 6) is -0.311. The summed E-state index contributed by atoms with van der Waals surface area (Å²) in [6.07, 6.45) is 3.30. The van der Waals surface area contributed by atoms with Crippen LogP contribution < -0.4 is 5.73 Å². The van der Waals surface area contributed by atoms with Crippen molar-refractivity contribution < 1.29 is 8.78 Å². The highest BCUT2D eigenvalue weighted by molar-refractivity contribution is 5.24. The van der Waals surface area contributed by atoms with E-state index in [0.29, 0.717) is 5.92 Å². The minimum Gasteiger partial charge on any atom is -0.329 e. The third kappa shape index (κ3) is 3.31. The molecule has 0 saturated carbocycles. The van der Waals surface area contributed by atoms with Crippen molar-refractivity contribution in [2.45, 2.75) is 32.2 Å². The maximum Gasteiger partial charge on any atom is 0.130 e. The highest BCUT2D eigenvalue weighted by Gasteiger charge is 2.26. The van der Waals surface area contributed by atoms with Crippen LogP contribution >= 0.6 is 0 Å². The Hall–Kier alpha value is -1.00. The fourth-order valence-electron chi connectivity index (χ4n) is 2.88. The van der Waals surface area contributed by atoms with Crippen LogP contribution in [0.4, 0.5) is 8.78 Å². The van der Waals surface area contributed by atoms with Crippen LogP contribution in [0.1, 0.15) is 37.8 Å². The highest BCUT2D eigenvalue weighted by atomic mass is 19.1. The summed E-state index contributed by atoms with van der Waals surface area (Å²) in [7, 11) is 0. The van der Waals surface area contributed by atoms with E-state index < -0.39 is 11.6 Å². The van der Waals surface area contributed by atoms with Gasteiger partial charge in [0.15, 0.2) is 0 Å². The molecule has 106 valence electrons. The van der Waals surface area contributed by atoms with Crippen molar-refractivity contribution in [2.24, 2.45) is 11.7 Å². The van der Waals surface area contributed by atoms with E-state index in [9.17, 15) is 8.78 Å². The maximum absolute atomic E-state index is 13.9. The van der Waals surface area contributed by atoms with Gasteiger partial charge < -0.3 is 5.73 Å². The second kappa shape index (κ2) is 6.44. The maximum atomic E-state index is 13.9. The van der Waals surface area contributed by atoms with Crippen molar-refractivity contribution in [3.05, 3.63) is 35.4 Å². The number of nitrogens with zero attached hydrogens (tertiary/aromatic N) is 1. The third-order valence-corrected chi connectivity index (χ3v) is 4.05. The zero-order valence-corrected chi connectivity index (χ0v) is 11.4. The molecule has 1 heterocycles. The molecule has 0 amide bonds. The van der Waals surface area contributed by atoms with Gasteiger partial charge in [-0.1, -0.05) is 13.0 Å². The summed E-state index contributed by atoms with van der Waals surface area (Å²) in [5, 5.41) is 0. The van der Waals surface area contributed by atoms with Gasteiger partial charge in [0.2, 0.25) is 0 Å². The molecule has 2 nitrogen and oxygen atoms in total. The molecule has 1 aromatic rings. The van der Waals surface area contributed by atoms with Gasteiger partial charge in [-0.3, -0.25) is 4.90 Å². The van der Waals surface area contributed by atoms with Crippen LogP contribution in [-0.2, 0) is 0 Å². The lowest BCUT2D eigenvalue weighted by Gasteiger charge is -2.30. The summed E-state index contributed by atoms with van der Waals surface area (Å²) >= 11 is 0. The zero-order chi connectivity index (χ0) is 13.8. The van der Waals surface area contributed by atoms with E-state index in [1.165, 1.54) is 24.6 Å². The molecule has 2 rings (SSSR count). The summed E-state index contributed by atoms with van der Waals surface area (Å²) in [4.78, 5) is 2.13. The number of benzene rings is 1. The van der Waals surface area contributed by atoms with Crippen LogP contribution in [0.15, 0.2) is 18.2 Å². The molecule has 4 heteroatoms. The molecular weight excluding hydrogens is 246 g/mol. The van der Waals surface area contributed by atoms with Gasteiger partial charge in [0.1, 0.15) is 11.6 Å². The van der Waals surface area contributed by atoms with E-state index in [2.05, 4.69) is 11.8 Å². The van der Waals surface area contributed by atoms with Crippen LogP contribution in [0.3, 0.4) is 0 Å². The molecule has 0 aliphatic carbocycles.